The molecule has 6 fully saturated rings. The molecule has 0 spiro atoms. The minimum absolute atomic E-state index is 0.314. The summed E-state index contributed by atoms with van der Waals surface area (Å²) in [4.78, 5) is 8.95. The standard InChI is InChI=1S/C9H7N.C2H4O2/c10-1-9-6-3-2-4(6)8(9)5(2)7(3)9;1-4-2-3/h2-8H;2H,1H3. The van der Waals surface area contributed by atoms with Gasteiger partial charge < -0.3 is 4.74 Å². The third-order valence-electron chi connectivity index (χ3n) is 5.77. The number of carbonyl (C=O) groups excluding carboxylic acids is 1. The lowest BCUT2D eigenvalue weighted by Gasteiger charge is -3.05. The zero-order valence-corrected chi connectivity index (χ0v) is 7.88. The van der Waals surface area contributed by atoms with Crippen LogP contribution in [0.25, 0.3) is 0 Å². The van der Waals surface area contributed by atoms with Gasteiger partial charge in [0.1, 0.15) is 0 Å². The summed E-state index contributed by atoms with van der Waals surface area (Å²) in [6.07, 6.45) is 0. The summed E-state index contributed by atoms with van der Waals surface area (Å²) >= 11 is 0. The number of carbonyl (C=O) groups is 1. The Morgan fingerprint density at radius 3 is 1.86 bits per heavy atom. The fraction of sp³-hybridized carbons (Fsp3) is 0.818. The third kappa shape index (κ3) is 0.335. The van der Waals surface area contributed by atoms with Crippen LogP contribution in [0, 0.1) is 58.2 Å². The Kier molecular flexibility index (Phi) is 0.890. The number of methoxy groups -OCH3 is 1. The fourth-order valence-electron chi connectivity index (χ4n) is 5.66. The second-order valence-electron chi connectivity index (χ2n) is 5.26. The Balaban J connectivity index is 0.000000129. The zero-order valence-electron chi connectivity index (χ0n) is 7.88. The van der Waals surface area contributed by atoms with E-state index in [9.17, 15) is 0 Å². The van der Waals surface area contributed by atoms with Crippen LogP contribution in [0.2, 0.25) is 0 Å². The number of nitriles is 1. The highest BCUT2D eigenvalue weighted by Crippen LogP contribution is 3.05. The molecule has 0 aliphatic heterocycles. The van der Waals surface area contributed by atoms with Gasteiger partial charge in [0.2, 0.25) is 0 Å². The van der Waals surface area contributed by atoms with Gasteiger partial charge in [-0.2, -0.15) is 5.26 Å². The number of rotatable bonds is 1. The first-order valence-corrected chi connectivity index (χ1v) is 5.22. The summed E-state index contributed by atoms with van der Waals surface area (Å²) in [5, 5.41) is 8.97. The van der Waals surface area contributed by atoms with Crippen molar-refractivity contribution in [3.8, 4) is 6.07 Å². The van der Waals surface area contributed by atoms with Crippen molar-refractivity contribution < 1.29 is 9.53 Å². The molecular formula is C11H11NO2. The highest BCUT2D eigenvalue weighted by molar-refractivity contribution is 5.54. The third-order valence-corrected chi connectivity index (χ3v) is 5.77. The zero-order chi connectivity index (χ0) is 9.66. The van der Waals surface area contributed by atoms with Crippen LogP contribution < -0.4 is 0 Å². The summed E-state index contributed by atoms with van der Waals surface area (Å²) < 4.78 is 3.86. The van der Waals surface area contributed by atoms with Crippen LogP contribution in [0.3, 0.4) is 0 Å². The SMILES string of the molecule is COC=O.N#CC12C3C4C5C3C1C5C42. The first kappa shape index (κ1) is 7.28. The van der Waals surface area contributed by atoms with Crippen LogP contribution in [-0.2, 0) is 9.53 Å². The smallest absolute Gasteiger partial charge is 0.292 e. The van der Waals surface area contributed by atoms with Crippen LogP contribution in [0.1, 0.15) is 0 Å². The summed E-state index contributed by atoms with van der Waals surface area (Å²) in [5.41, 5.74) is 0.314. The van der Waals surface area contributed by atoms with Gasteiger partial charge in [-0.05, 0) is 41.4 Å². The van der Waals surface area contributed by atoms with Gasteiger partial charge in [0.05, 0.1) is 18.6 Å². The molecule has 0 unspecified atom stereocenters. The van der Waals surface area contributed by atoms with Crippen LogP contribution in [0.5, 0.6) is 0 Å². The molecule has 0 aromatic carbocycles. The largest absolute Gasteiger partial charge is 0.471 e. The Hall–Kier alpha value is -1.04. The van der Waals surface area contributed by atoms with Gasteiger partial charge in [-0.15, -0.1) is 0 Å². The van der Waals surface area contributed by atoms with Gasteiger partial charge in [0, 0.05) is 0 Å². The molecule has 6 saturated carbocycles. The van der Waals surface area contributed by atoms with Crippen LogP contribution in [-0.4, -0.2) is 13.6 Å². The molecule has 0 aromatic rings. The molecule has 0 bridgehead atoms. The number of hydrogen-bond donors (Lipinski definition) is 0. The van der Waals surface area contributed by atoms with Gasteiger partial charge in [-0.25, -0.2) is 0 Å². The minimum Gasteiger partial charge on any atom is -0.471 e. The maximum Gasteiger partial charge on any atom is 0.292 e. The molecule has 3 nitrogen and oxygen atoms in total. The summed E-state index contributed by atoms with van der Waals surface area (Å²) in [7, 11) is 1.31. The van der Waals surface area contributed by atoms with E-state index >= 15 is 0 Å². The van der Waals surface area contributed by atoms with Crippen molar-refractivity contribution in [1.29, 1.82) is 5.26 Å². The van der Waals surface area contributed by atoms with Crippen molar-refractivity contribution in [3.63, 3.8) is 0 Å². The molecule has 0 saturated heterocycles. The molecule has 6 rings (SSSR count). The van der Waals surface area contributed by atoms with Crippen molar-refractivity contribution in [3.05, 3.63) is 0 Å². The lowest BCUT2D eigenvalue weighted by molar-refractivity contribution is -0.596. The van der Waals surface area contributed by atoms with Crippen molar-refractivity contribution >= 4 is 6.47 Å². The molecule has 6 aliphatic rings. The first-order valence-electron chi connectivity index (χ1n) is 5.22. The van der Waals surface area contributed by atoms with Crippen LogP contribution in [0.4, 0.5) is 0 Å². The van der Waals surface area contributed by atoms with E-state index in [0.29, 0.717) is 11.9 Å². The molecule has 0 heterocycles. The predicted molar refractivity (Wildman–Crippen MR) is 45.5 cm³/mol. The fourth-order valence-corrected chi connectivity index (χ4v) is 5.66. The van der Waals surface area contributed by atoms with E-state index in [-0.39, 0.29) is 0 Å². The summed E-state index contributed by atoms with van der Waals surface area (Å²) in [5.74, 6) is 7.21. The molecule has 6 aliphatic carbocycles. The average molecular weight is 189 g/mol. The van der Waals surface area contributed by atoms with E-state index in [1.165, 1.54) is 7.11 Å². The van der Waals surface area contributed by atoms with Crippen molar-refractivity contribution in [2.45, 2.75) is 0 Å². The highest BCUT2D eigenvalue weighted by Gasteiger charge is 3.04. The first-order chi connectivity index (χ1) is 6.84. The maximum atomic E-state index is 8.97. The average Bonchev–Trinajstić information content (AvgIpc) is 2.29. The Morgan fingerprint density at radius 1 is 1.21 bits per heavy atom. The number of nitrogens with zero attached hydrogens (tertiary/aromatic N) is 1. The second kappa shape index (κ2) is 1.71. The predicted octanol–water partition coefficient (Wildman–Crippen LogP) is 0.667. The van der Waals surface area contributed by atoms with Gasteiger partial charge in [0.15, 0.2) is 0 Å². The summed E-state index contributed by atoms with van der Waals surface area (Å²) in [6.45, 7) is 0.375. The van der Waals surface area contributed by atoms with E-state index < -0.39 is 0 Å². The van der Waals surface area contributed by atoms with E-state index in [1.807, 2.05) is 0 Å². The molecule has 0 amide bonds. The quantitative estimate of drug-likeness (QED) is 0.569. The van der Waals surface area contributed by atoms with Gasteiger partial charge >= 0.3 is 0 Å². The topological polar surface area (TPSA) is 50.1 Å². The monoisotopic (exact) mass is 189 g/mol. The molecule has 0 radical (unpaired) electrons. The lowest BCUT2D eigenvalue weighted by Crippen LogP contribution is -3.05. The van der Waals surface area contributed by atoms with Gasteiger partial charge in [-0.1, -0.05) is 0 Å². The molecule has 0 aromatic heterocycles. The lowest BCUT2D eigenvalue weighted by atomic mass is 8.97. The van der Waals surface area contributed by atoms with Gasteiger partial charge in [0.25, 0.3) is 6.47 Å². The van der Waals surface area contributed by atoms with Crippen molar-refractivity contribution in [2.24, 2.45) is 46.8 Å². The minimum atomic E-state index is 0.314. The molecule has 0 N–H and O–H groups in total. The number of hydrogen-bond acceptors (Lipinski definition) is 3. The van der Waals surface area contributed by atoms with Crippen LogP contribution in [0.15, 0.2) is 0 Å². The molecule has 72 valence electrons. The van der Waals surface area contributed by atoms with E-state index in [4.69, 9.17) is 10.1 Å². The van der Waals surface area contributed by atoms with Gasteiger partial charge in [-0.3, -0.25) is 4.79 Å². The number of ether oxygens (including phenoxy) is 1. The summed E-state index contributed by atoms with van der Waals surface area (Å²) in [6, 6.07) is 2.59. The van der Waals surface area contributed by atoms with Crippen molar-refractivity contribution in [2.75, 3.05) is 7.11 Å². The highest BCUT2D eigenvalue weighted by atomic mass is 16.5. The maximum absolute atomic E-state index is 8.97. The Labute approximate surface area is 82.0 Å². The Morgan fingerprint density at radius 2 is 1.64 bits per heavy atom. The normalized spacial score (nSPS) is 69.6. The second-order valence-corrected chi connectivity index (χ2v) is 5.26. The van der Waals surface area contributed by atoms with E-state index in [0.717, 1.165) is 41.4 Å². The molecule has 3 heteroatoms. The van der Waals surface area contributed by atoms with Crippen LogP contribution >= 0.6 is 0 Å². The van der Waals surface area contributed by atoms with Crippen molar-refractivity contribution in [1.82, 2.24) is 0 Å². The van der Waals surface area contributed by atoms with E-state index in [2.05, 4.69) is 10.8 Å². The Bertz CT molecular complexity index is 332. The molecule has 0 atom stereocenters. The molecule has 14 heavy (non-hydrogen) atoms. The van der Waals surface area contributed by atoms with E-state index in [1.54, 1.807) is 0 Å². The molecular weight excluding hydrogens is 178 g/mol.